The van der Waals surface area contributed by atoms with Crippen molar-refractivity contribution < 1.29 is 14.3 Å². The molecule has 0 spiro atoms. The number of carbonyl (C=O) groups is 2. The number of aryl methyl sites for hydroxylation is 1. The molecule has 6 heteroatoms. The minimum atomic E-state index is -0.694. The summed E-state index contributed by atoms with van der Waals surface area (Å²) in [5.74, 6) is -0.812. The van der Waals surface area contributed by atoms with Crippen molar-refractivity contribution in [2.24, 2.45) is 7.05 Å². The molecule has 0 saturated carbocycles. The fraction of sp³-hybridized carbons (Fsp3) is 0.500. The quantitative estimate of drug-likeness (QED) is 0.665. The minimum Gasteiger partial charge on any atom is -0.458 e. The maximum Gasteiger partial charge on any atom is 0.328 e. The topological polar surface area (TPSA) is 73.2 Å². The molecule has 1 heterocycles. The Morgan fingerprint density at radius 3 is 2.60 bits per heavy atom. The highest BCUT2D eigenvalue weighted by Crippen LogP contribution is 2.08. The molecule has 1 aromatic heterocycles. The van der Waals surface area contributed by atoms with Gasteiger partial charge in [-0.05, 0) is 33.8 Å². The second kappa shape index (κ2) is 6.36. The van der Waals surface area contributed by atoms with E-state index in [-0.39, 0.29) is 5.91 Å². The van der Waals surface area contributed by atoms with E-state index >= 15 is 0 Å². The molecule has 0 aliphatic rings. The Labute approximate surface area is 118 Å². The van der Waals surface area contributed by atoms with Crippen molar-refractivity contribution in [3.05, 3.63) is 24.0 Å². The SMILES string of the molecule is C[C@H](NC(=O)/C=C/c1cnn(C)c1)C(=O)OC(C)(C)C. The van der Waals surface area contributed by atoms with Crippen LogP contribution in [0.25, 0.3) is 6.08 Å². The second-order valence-electron chi connectivity index (χ2n) is 5.54. The van der Waals surface area contributed by atoms with E-state index in [2.05, 4.69) is 10.4 Å². The van der Waals surface area contributed by atoms with Gasteiger partial charge >= 0.3 is 5.97 Å². The Hall–Kier alpha value is -2.11. The van der Waals surface area contributed by atoms with Crippen molar-refractivity contribution in [3.63, 3.8) is 0 Å². The first-order valence-electron chi connectivity index (χ1n) is 6.37. The van der Waals surface area contributed by atoms with Crippen LogP contribution in [0.2, 0.25) is 0 Å². The molecule has 1 amide bonds. The predicted octanol–water partition coefficient (Wildman–Crippen LogP) is 1.28. The molecule has 0 aliphatic heterocycles. The highest BCUT2D eigenvalue weighted by atomic mass is 16.6. The first-order chi connectivity index (χ1) is 9.17. The smallest absolute Gasteiger partial charge is 0.328 e. The van der Waals surface area contributed by atoms with Crippen molar-refractivity contribution in [1.82, 2.24) is 15.1 Å². The minimum absolute atomic E-state index is 0.354. The first kappa shape index (κ1) is 15.9. The van der Waals surface area contributed by atoms with Crippen LogP contribution in [0.1, 0.15) is 33.3 Å². The molecule has 6 nitrogen and oxygen atoms in total. The Balaban J connectivity index is 2.49. The monoisotopic (exact) mass is 279 g/mol. The van der Waals surface area contributed by atoms with Crippen LogP contribution in [-0.2, 0) is 21.4 Å². The van der Waals surface area contributed by atoms with Gasteiger partial charge in [-0.25, -0.2) is 4.79 Å². The summed E-state index contributed by atoms with van der Waals surface area (Å²) in [5.41, 5.74) is 0.245. The zero-order chi connectivity index (χ0) is 15.3. The molecule has 1 aromatic rings. The van der Waals surface area contributed by atoms with Gasteiger partial charge in [-0.2, -0.15) is 5.10 Å². The fourth-order valence-corrected chi connectivity index (χ4v) is 1.41. The summed E-state index contributed by atoms with van der Waals surface area (Å²) in [4.78, 5) is 23.4. The van der Waals surface area contributed by atoms with Gasteiger partial charge in [0.2, 0.25) is 5.91 Å². The van der Waals surface area contributed by atoms with Crippen molar-refractivity contribution in [2.75, 3.05) is 0 Å². The van der Waals surface area contributed by atoms with Gasteiger partial charge in [0.1, 0.15) is 11.6 Å². The van der Waals surface area contributed by atoms with Crippen LogP contribution in [-0.4, -0.2) is 33.3 Å². The fourth-order valence-electron chi connectivity index (χ4n) is 1.41. The van der Waals surface area contributed by atoms with Crippen molar-refractivity contribution >= 4 is 18.0 Å². The van der Waals surface area contributed by atoms with E-state index in [0.717, 1.165) is 5.56 Å². The van der Waals surface area contributed by atoms with Crippen molar-refractivity contribution in [3.8, 4) is 0 Å². The van der Waals surface area contributed by atoms with Gasteiger partial charge in [-0.15, -0.1) is 0 Å². The summed E-state index contributed by atoms with van der Waals surface area (Å²) >= 11 is 0. The Morgan fingerprint density at radius 1 is 1.45 bits per heavy atom. The van der Waals surface area contributed by atoms with Gasteiger partial charge in [-0.3, -0.25) is 9.48 Å². The number of hydrogen-bond donors (Lipinski definition) is 1. The summed E-state index contributed by atoms with van der Waals surface area (Å²) in [6.45, 7) is 6.93. The number of carbonyl (C=O) groups excluding carboxylic acids is 2. The van der Waals surface area contributed by atoms with Gasteiger partial charge in [-0.1, -0.05) is 0 Å². The number of aromatic nitrogens is 2. The number of amides is 1. The zero-order valence-corrected chi connectivity index (χ0v) is 12.5. The highest BCUT2D eigenvalue weighted by molar-refractivity contribution is 5.94. The van der Waals surface area contributed by atoms with Gasteiger partial charge in [0.15, 0.2) is 0 Å². The second-order valence-corrected chi connectivity index (χ2v) is 5.54. The molecule has 1 atom stereocenters. The normalized spacial score (nSPS) is 13.2. The van der Waals surface area contributed by atoms with Gasteiger partial charge in [0.25, 0.3) is 0 Å². The summed E-state index contributed by atoms with van der Waals surface area (Å²) in [5, 5.41) is 6.54. The third kappa shape index (κ3) is 5.69. The molecule has 0 fully saturated rings. The standard InChI is InChI=1S/C14H21N3O3/c1-10(13(19)20-14(2,3)4)16-12(18)7-6-11-8-15-17(5)9-11/h6-10H,1-5H3,(H,16,18)/b7-6+/t10-/m0/s1. The summed E-state index contributed by atoms with van der Waals surface area (Å²) in [6, 6.07) is -0.694. The van der Waals surface area contributed by atoms with E-state index in [4.69, 9.17) is 4.74 Å². The molecular weight excluding hydrogens is 258 g/mol. The maximum absolute atomic E-state index is 11.7. The van der Waals surface area contributed by atoms with Gasteiger partial charge in [0, 0.05) is 24.9 Å². The Bertz CT molecular complexity index is 512. The number of hydrogen-bond acceptors (Lipinski definition) is 4. The first-order valence-corrected chi connectivity index (χ1v) is 6.37. The number of rotatable bonds is 4. The zero-order valence-electron chi connectivity index (χ0n) is 12.5. The van der Waals surface area contributed by atoms with Crippen LogP contribution in [0.5, 0.6) is 0 Å². The molecule has 0 aliphatic carbocycles. The summed E-state index contributed by atoms with van der Waals surface area (Å²) < 4.78 is 6.82. The van der Waals surface area contributed by atoms with Gasteiger partial charge in [0.05, 0.1) is 6.20 Å². The number of esters is 1. The average Bonchev–Trinajstić information content (AvgIpc) is 2.70. The largest absolute Gasteiger partial charge is 0.458 e. The number of nitrogens with one attached hydrogen (secondary N) is 1. The summed E-state index contributed by atoms with van der Waals surface area (Å²) in [6.07, 6.45) is 6.41. The molecular formula is C14H21N3O3. The maximum atomic E-state index is 11.7. The van der Waals surface area contributed by atoms with Crippen LogP contribution in [0.4, 0.5) is 0 Å². The van der Waals surface area contributed by atoms with Crippen LogP contribution in [0, 0.1) is 0 Å². The lowest BCUT2D eigenvalue weighted by molar-refractivity contribution is -0.157. The van der Waals surface area contributed by atoms with E-state index in [9.17, 15) is 9.59 Å². The molecule has 0 radical (unpaired) electrons. The molecule has 110 valence electrons. The van der Waals surface area contributed by atoms with E-state index < -0.39 is 17.6 Å². The van der Waals surface area contributed by atoms with Crippen LogP contribution in [0.3, 0.4) is 0 Å². The lowest BCUT2D eigenvalue weighted by atomic mass is 10.2. The summed E-state index contributed by atoms with van der Waals surface area (Å²) in [7, 11) is 1.79. The van der Waals surface area contributed by atoms with Crippen LogP contribution < -0.4 is 5.32 Å². The van der Waals surface area contributed by atoms with E-state index in [1.54, 1.807) is 57.9 Å². The highest BCUT2D eigenvalue weighted by Gasteiger charge is 2.22. The average molecular weight is 279 g/mol. The molecule has 1 rings (SSSR count). The molecule has 1 N–H and O–H groups in total. The predicted molar refractivity (Wildman–Crippen MR) is 75.7 cm³/mol. The van der Waals surface area contributed by atoms with E-state index in [1.807, 2.05) is 0 Å². The molecule has 20 heavy (non-hydrogen) atoms. The van der Waals surface area contributed by atoms with E-state index in [0.29, 0.717) is 0 Å². The van der Waals surface area contributed by atoms with Crippen molar-refractivity contribution in [1.29, 1.82) is 0 Å². The van der Waals surface area contributed by atoms with Crippen LogP contribution in [0.15, 0.2) is 18.5 Å². The lowest BCUT2D eigenvalue weighted by Crippen LogP contribution is -2.41. The van der Waals surface area contributed by atoms with Crippen molar-refractivity contribution in [2.45, 2.75) is 39.3 Å². The third-order valence-corrected chi connectivity index (χ3v) is 2.27. The lowest BCUT2D eigenvalue weighted by Gasteiger charge is -2.22. The number of nitrogens with zero attached hydrogens (tertiary/aromatic N) is 2. The Kier molecular flexibility index (Phi) is 5.07. The molecule has 0 bridgehead atoms. The van der Waals surface area contributed by atoms with Gasteiger partial charge < -0.3 is 10.1 Å². The van der Waals surface area contributed by atoms with Crippen LogP contribution >= 0.6 is 0 Å². The number of ether oxygens (including phenoxy) is 1. The molecule has 0 unspecified atom stereocenters. The van der Waals surface area contributed by atoms with E-state index in [1.165, 1.54) is 6.08 Å². The Morgan fingerprint density at radius 2 is 2.10 bits per heavy atom. The molecule has 0 saturated heterocycles. The molecule has 0 aromatic carbocycles. The third-order valence-electron chi connectivity index (χ3n) is 2.27.